The number of carbonyl (C=O) groups is 1. The highest BCUT2D eigenvalue weighted by Crippen LogP contribution is 2.31. The molecule has 2 aliphatic rings. The molecule has 10 atom stereocenters. The molecule has 2 aliphatic heterocycles. The first-order valence-corrected chi connectivity index (χ1v) is 10.5. The van der Waals surface area contributed by atoms with Crippen LogP contribution in [0.2, 0.25) is 0 Å². The predicted molar refractivity (Wildman–Crippen MR) is 105 cm³/mol. The fraction of sp³-hybridized carbons (Fsp3) is 0.944. The first-order valence-electron chi connectivity index (χ1n) is 10.5. The van der Waals surface area contributed by atoms with Gasteiger partial charge in [0.15, 0.2) is 6.29 Å². The van der Waals surface area contributed by atoms with Crippen LogP contribution in [0.3, 0.4) is 0 Å². The van der Waals surface area contributed by atoms with Crippen LogP contribution in [0.4, 0.5) is 0 Å². The fourth-order valence-corrected chi connectivity index (χ4v) is 3.64. The molecule has 1 amide bonds. The summed E-state index contributed by atoms with van der Waals surface area (Å²) in [6.45, 7) is -1.72. The largest absolute Gasteiger partial charge is 0.394 e. The van der Waals surface area contributed by atoms with Crippen LogP contribution in [-0.4, -0.2) is 129 Å². The lowest BCUT2D eigenvalue weighted by Crippen LogP contribution is -2.66. The van der Waals surface area contributed by atoms with Gasteiger partial charge in [-0.2, -0.15) is 0 Å². The van der Waals surface area contributed by atoms with Crippen LogP contribution in [0, 0.1) is 0 Å². The molecule has 0 aromatic rings. The molecule has 14 nitrogen and oxygen atoms in total. The van der Waals surface area contributed by atoms with Crippen molar-refractivity contribution in [1.82, 2.24) is 5.32 Å². The molecular weight excluding hydrogens is 434 g/mol. The molecule has 2 rings (SSSR count). The number of aliphatic hydroxyl groups is 7. The topological polar surface area (TPSA) is 250 Å². The third kappa shape index (κ3) is 6.11. The lowest BCUT2D eigenvalue weighted by atomic mass is 9.95. The number of amides is 1. The summed E-state index contributed by atoms with van der Waals surface area (Å²) in [5.74, 6) is -3.07. The predicted octanol–water partition coefficient (Wildman–Crippen LogP) is -5.82. The van der Waals surface area contributed by atoms with Crippen LogP contribution in [0.25, 0.3) is 0 Å². The van der Waals surface area contributed by atoms with Crippen LogP contribution >= 0.6 is 0 Å². The molecule has 32 heavy (non-hydrogen) atoms. The Morgan fingerprint density at radius 3 is 2.28 bits per heavy atom. The van der Waals surface area contributed by atoms with Gasteiger partial charge in [0.2, 0.25) is 11.7 Å². The van der Waals surface area contributed by atoms with Gasteiger partial charge in [0.25, 0.3) is 0 Å². The molecule has 0 spiro atoms. The number of hydrogen-bond donors (Lipinski definition) is 10. The van der Waals surface area contributed by atoms with Gasteiger partial charge in [-0.3, -0.25) is 4.79 Å². The SMILES string of the molecule is NCCCC[C@H](N)C(=O)N[C@@H]1[C@H](O)[C@@H](CO)OC(OC[C@@]2(O)O[C@H](CO)[C@@H](O)[C@@H]2O)[C@@H]1O. The van der Waals surface area contributed by atoms with Crippen molar-refractivity contribution in [1.29, 1.82) is 0 Å². The van der Waals surface area contributed by atoms with Gasteiger partial charge in [-0.1, -0.05) is 6.42 Å². The number of aliphatic hydroxyl groups excluding tert-OH is 6. The highest BCUT2D eigenvalue weighted by Gasteiger charge is 2.54. The van der Waals surface area contributed by atoms with Gasteiger partial charge in [0, 0.05) is 0 Å². The smallest absolute Gasteiger partial charge is 0.237 e. The Morgan fingerprint density at radius 2 is 1.72 bits per heavy atom. The minimum Gasteiger partial charge on any atom is -0.394 e. The highest BCUT2D eigenvalue weighted by molar-refractivity contribution is 5.81. The Morgan fingerprint density at radius 1 is 1.06 bits per heavy atom. The average Bonchev–Trinajstić information content (AvgIpc) is 3.00. The second kappa shape index (κ2) is 11.9. The molecule has 2 heterocycles. The number of nitrogens with one attached hydrogen (secondary N) is 1. The van der Waals surface area contributed by atoms with E-state index in [-0.39, 0.29) is 0 Å². The van der Waals surface area contributed by atoms with Crippen molar-refractivity contribution in [2.45, 2.75) is 80.0 Å². The summed E-state index contributed by atoms with van der Waals surface area (Å²) in [4.78, 5) is 12.4. The van der Waals surface area contributed by atoms with Crippen LogP contribution in [0.15, 0.2) is 0 Å². The zero-order valence-corrected chi connectivity index (χ0v) is 17.6. The van der Waals surface area contributed by atoms with E-state index in [0.717, 1.165) is 0 Å². The standard InChI is InChI=1S/C18H35N3O11/c19-4-2-1-3-8(20)16(28)21-11-12(24)9(5-22)31-17(14(11)26)30-7-18(29)15(27)13(25)10(6-23)32-18/h8-15,17,22-27,29H,1-7,19-20H2,(H,21,28)/t8-,9+,10+,11+,12+,13+,14+,15-,17?,18+/m0/s1. The Bertz CT molecular complexity index is 603. The summed E-state index contributed by atoms with van der Waals surface area (Å²) < 4.78 is 15.7. The van der Waals surface area contributed by atoms with E-state index in [1.807, 2.05) is 0 Å². The molecule has 2 fully saturated rings. The lowest BCUT2D eigenvalue weighted by Gasteiger charge is -2.43. The van der Waals surface area contributed by atoms with Gasteiger partial charge in [-0.05, 0) is 19.4 Å². The number of nitrogens with two attached hydrogens (primary N) is 2. The molecule has 1 unspecified atom stereocenters. The third-order valence-corrected chi connectivity index (χ3v) is 5.66. The Balaban J connectivity index is 2.03. The maximum absolute atomic E-state index is 12.4. The van der Waals surface area contributed by atoms with Gasteiger partial charge < -0.3 is 66.7 Å². The van der Waals surface area contributed by atoms with Crippen LogP contribution < -0.4 is 16.8 Å². The van der Waals surface area contributed by atoms with E-state index >= 15 is 0 Å². The van der Waals surface area contributed by atoms with E-state index in [4.69, 9.17) is 30.8 Å². The average molecular weight is 469 g/mol. The molecular formula is C18H35N3O11. The molecule has 14 heteroatoms. The lowest BCUT2D eigenvalue weighted by molar-refractivity contribution is -0.320. The van der Waals surface area contributed by atoms with Crippen molar-refractivity contribution in [3.63, 3.8) is 0 Å². The summed E-state index contributed by atoms with van der Waals surface area (Å²) in [6.07, 6.45) is -9.08. The minimum atomic E-state index is -2.43. The Hall–Kier alpha value is -1.01. The minimum absolute atomic E-state index is 0.332. The molecule has 12 N–H and O–H groups in total. The van der Waals surface area contributed by atoms with Crippen molar-refractivity contribution in [3.8, 4) is 0 Å². The quantitative estimate of drug-likeness (QED) is 0.127. The summed E-state index contributed by atoms with van der Waals surface area (Å²) in [6, 6.07) is -2.26. The van der Waals surface area contributed by atoms with Crippen molar-refractivity contribution in [3.05, 3.63) is 0 Å². The zero-order valence-electron chi connectivity index (χ0n) is 17.6. The zero-order chi connectivity index (χ0) is 24.1. The number of hydrogen-bond acceptors (Lipinski definition) is 13. The van der Waals surface area contributed by atoms with Gasteiger partial charge >= 0.3 is 0 Å². The summed E-state index contributed by atoms with van der Waals surface area (Å²) in [5, 5.41) is 72.3. The summed E-state index contributed by atoms with van der Waals surface area (Å²) in [7, 11) is 0. The van der Waals surface area contributed by atoms with E-state index in [1.165, 1.54) is 0 Å². The fourth-order valence-electron chi connectivity index (χ4n) is 3.64. The van der Waals surface area contributed by atoms with Gasteiger partial charge in [0.1, 0.15) is 43.2 Å². The molecule has 0 aromatic heterocycles. The van der Waals surface area contributed by atoms with Crippen LogP contribution in [-0.2, 0) is 19.0 Å². The first kappa shape index (κ1) is 27.2. The van der Waals surface area contributed by atoms with E-state index in [9.17, 15) is 35.4 Å². The maximum Gasteiger partial charge on any atom is 0.237 e. The molecule has 0 aromatic carbocycles. The first-order chi connectivity index (χ1) is 15.1. The summed E-state index contributed by atoms with van der Waals surface area (Å²) in [5.41, 5.74) is 11.2. The van der Waals surface area contributed by atoms with Gasteiger partial charge in [0.05, 0.1) is 25.3 Å². The second-order valence-corrected chi connectivity index (χ2v) is 8.06. The molecule has 0 aliphatic carbocycles. The normalized spacial score (nSPS) is 40.9. The van der Waals surface area contributed by atoms with E-state index in [2.05, 4.69) is 5.32 Å². The molecule has 0 bridgehead atoms. The van der Waals surface area contributed by atoms with Crippen LogP contribution in [0.5, 0.6) is 0 Å². The van der Waals surface area contributed by atoms with Crippen molar-refractivity contribution in [2.24, 2.45) is 11.5 Å². The molecule has 188 valence electrons. The monoisotopic (exact) mass is 469 g/mol. The van der Waals surface area contributed by atoms with E-state index in [0.29, 0.717) is 25.8 Å². The van der Waals surface area contributed by atoms with Crippen molar-refractivity contribution >= 4 is 5.91 Å². The highest BCUT2D eigenvalue weighted by atomic mass is 16.7. The van der Waals surface area contributed by atoms with E-state index in [1.54, 1.807) is 0 Å². The summed E-state index contributed by atoms with van der Waals surface area (Å²) >= 11 is 0. The van der Waals surface area contributed by atoms with Gasteiger partial charge in [-0.15, -0.1) is 0 Å². The van der Waals surface area contributed by atoms with E-state index < -0.39 is 86.5 Å². The Labute approximate surface area is 184 Å². The maximum atomic E-state index is 12.4. The molecule has 0 saturated carbocycles. The molecule has 0 radical (unpaired) electrons. The van der Waals surface area contributed by atoms with Crippen LogP contribution in [0.1, 0.15) is 19.3 Å². The number of unbranched alkanes of at least 4 members (excludes halogenated alkanes) is 1. The van der Waals surface area contributed by atoms with Gasteiger partial charge in [-0.25, -0.2) is 0 Å². The molecule has 2 saturated heterocycles. The number of ether oxygens (including phenoxy) is 3. The van der Waals surface area contributed by atoms with Crippen molar-refractivity contribution < 1.29 is 54.8 Å². The number of rotatable bonds is 11. The van der Waals surface area contributed by atoms with Crippen molar-refractivity contribution in [2.75, 3.05) is 26.4 Å². The number of carbonyl (C=O) groups excluding carboxylic acids is 1. The Kier molecular flexibility index (Phi) is 10.1. The second-order valence-electron chi connectivity index (χ2n) is 8.06. The third-order valence-electron chi connectivity index (χ3n) is 5.66.